The van der Waals surface area contributed by atoms with E-state index in [0.29, 0.717) is 32.9 Å². The van der Waals surface area contributed by atoms with Crippen LogP contribution in [0.1, 0.15) is 11.1 Å². The van der Waals surface area contributed by atoms with Crippen LogP contribution in [0.2, 0.25) is 15.1 Å². The van der Waals surface area contributed by atoms with Crippen molar-refractivity contribution < 1.29 is 9.13 Å². The van der Waals surface area contributed by atoms with Crippen molar-refractivity contribution in [2.75, 3.05) is 5.32 Å². The molecule has 0 aliphatic carbocycles. The third-order valence-electron chi connectivity index (χ3n) is 3.74. The largest absolute Gasteiger partial charge is 0.486 e. The molecule has 26 heavy (non-hydrogen) atoms. The van der Waals surface area contributed by atoms with Gasteiger partial charge in [-0.2, -0.15) is 0 Å². The second-order valence-corrected chi connectivity index (χ2v) is 6.82. The highest BCUT2D eigenvalue weighted by molar-refractivity contribution is 6.37. The van der Waals surface area contributed by atoms with Crippen molar-refractivity contribution >= 4 is 40.5 Å². The Hall–Kier alpha value is -1.94. The zero-order valence-corrected chi connectivity index (χ0v) is 15.9. The van der Waals surface area contributed by atoms with Gasteiger partial charge in [-0.05, 0) is 35.9 Å². The Morgan fingerprint density at radius 3 is 2.19 bits per heavy atom. The van der Waals surface area contributed by atoms with E-state index in [1.807, 2.05) is 24.3 Å². The van der Waals surface area contributed by atoms with E-state index in [9.17, 15) is 4.39 Å². The molecular weight excluding hydrogens is 396 g/mol. The molecule has 3 rings (SSSR count). The van der Waals surface area contributed by atoms with Crippen LogP contribution < -0.4 is 10.1 Å². The molecule has 0 saturated carbocycles. The van der Waals surface area contributed by atoms with Gasteiger partial charge in [0.1, 0.15) is 12.4 Å². The number of anilines is 1. The van der Waals surface area contributed by atoms with Crippen molar-refractivity contribution in [1.29, 1.82) is 0 Å². The van der Waals surface area contributed by atoms with Gasteiger partial charge in [-0.15, -0.1) is 0 Å². The molecule has 0 saturated heterocycles. The molecule has 0 spiro atoms. The molecule has 0 radical (unpaired) electrons. The molecule has 2 nitrogen and oxygen atoms in total. The van der Waals surface area contributed by atoms with Gasteiger partial charge in [0.15, 0.2) is 5.75 Å². The Kier molecular flexibility index (Phi) is 6.25. The minimum atomic E-state index is -0.333. The van der Waals surface area contributed by atoms with Crippen LogP contribution in [0.25, 0.3) is 0 Å². The summed E-state index contributed by atoms with van der Waals surface area (Å²) >= 11 is 18.7. The Morgan fingerprint density at radius 2 is 1.50 bits per heavy atom. The third-order valence-corrected chi connectivity index (χ3v) is 4.64. The highest BCUT2D eigenvalue weighted by Gasteiger charge is 2.11. The maximum atomic E-state index is 13.7. The summed E-state index contributed by atoms with van der Waals surface area (Å²) in [5.74, 6) is -0.00150. The van der Waals surface area contributed by atoms with Gasteiger partial charge in [0, 0.05) is 12.1 Å². The van der Waals surface area contributed by atoms with E-state index in [2.05, 4.69) is 5.32 Å². The summed E-state index contributed by atoms with van der Waals surface area (Å²) in [4.78, 5) is 0. The molecule has 6 heteroatoms. The molecule has 0 aliphatic rings. The van der Waals surface area contributed by atoms with Crippen LogP contribution in [-0.2, 0) is 13.2 Å². The average molecular weight is 411 g/mol. The average Bonchev–Trinajstić information content (AvgIpc) is 2.62. The number of hydrogen-bond acceptors (Lipinski definition) is 2. The predicted molar refractivity (Wildman–Crippen MR) is 106 cm³/mol. The van der Waals surface area contributed by atoms with Crippen LogP contribution in [0.15, 0.2) is 60.7 Å². The van der Waals surface area contributed by atoms with Crippen molar-refractivity contribution in [1.82, 2.24) is 0 Å². The van der Waals surface area contributed by atoms with E-state index < -0.39 is 0 Å². The summed E-state index contributed by atoms with van der Waals surface area (Å²) in [6, 6.07) is 17.4. The summed E-state index contributed by atoms with van der Waals surface area (Å²) < 4.78 is 19.3. The van der Waals surface area contributed by atoms with E-state index >= 15 is 0 Å². The van der Waals surface area contributed by atoms with Crippen LogP contribution in [0.4, 0.5) is 10.1 Å². The van der Waals surface area contributed by atoms with Gasteiger partial charge < -0.3 is 10.1 Å². The van der Waals surface area contributed by atoms with Crippen molar-refractivity contribution in [3.63, 3.8) is 0 Å². The van der Waals surface area contributed by atoms with Crippen LogP contribution in [0.3, 0.4) is 0 Å². The summed E-state index contributed by atoms with van der Waals surface area (Å²) in [6.07, 6.45) is 0. The molecule has 3 aromatic carbocycles. The summed E-state index contributed by atoms with van der Waals surface area (Å²) in [7, 11) is 0. The number of benzene rings is 3. The maximum Gasteiger partial charge on any atom is 0.156 e. The molecular formula is C20H15Cl3FNO. The molecule has 0 amide bonds. The lowest BCUT2D eigenvalue weighted by molar-refractivity contribution is 0.300. The molecule has 0 unspecified atom stereocenters. The second kappa shape index (κ2) is 8.63. The van der Waals surface area contributed by atoms with E-state index in [1.165, 1.54) is 6.07 Å². The smallest absolute Gasteiger partial charge is 0.156 e. The number of nitrogens with one attached hydrogen (secondary N) is 1. The van der Waals surface area contributed by atoms with Gasteiger partial charge in [-0.3, -0.25) is 0 Å². The molecule has 0 fully saturated rings. The van der Waals surface area contributed by atoms with Crippen LogP contribution in [-0.4, -0.2) is 0 Å². The Balaban J connectivity index is 1.70. The fraction of sp³-hybridized carbons (Fsp3) is 0.100. The van der Waals surface area contributed by atoms with Gasteiger partial charge in [-0.25, -0.2) is 4.39 Å². The number of para-hydroxylation sites is 1. The van der Waals surface area contributed by atoms with Gasteiger partial charge in [0.05, 0.1) is 20.8 Å². The molecule has 0 aliphatic heterocycles. The third kappa shape index (κ3) is 4.61. The fourth-order valence-electron chi connectivity index (χ4n) is 2.42. The quantitative estimate of drug-likeness (QED) is 0.473. The molecule has 1 N–H and O–H groups in total. The molecule has 0 atom stereocenters. The zero-order valence-electron chi connectivity index (χ0n) is 13.6. The zero-order chi connectivity index (χ0) is 18.5. The minimum absolute atomic E-state index is 0.0450. The first kappa shape index (κ1) is 18.8. The standard InChI is InChI=1S/C20H15Cl3FNO/c21-15-6-2-4-8-19(15)25-11-13-9-16(22)20(17(23)10-13)26-12-14-5-1-3-7-18(14)24/h1-10,25H,11-12H2. The first-order valence-corrected chi connectivity index (χ1v) is 9.00. The molecule has 3 aromatic rings. The highest BCUT2D eigenvalue weighted by Crippen LogP contribution is 2.35. The van der Waals surface area contributed by atoms with E-state index in [4.69, 9.17) is 39.5 Å². The van der Waals surface area contributed by atoms with Gasteiger partial charge >= 0.3 is 0 Å². The lowest BCUT2D eigenvalue weighted by Crippen LogP contribution is -2.02. The fourth-order valence-corrected chi connectivity index (χ4v) is 3.26. The Labute approximate surface area is 166 Å². The molecule has 134 valence electrons. The van der Waals surface area contributed by atoms with Crippen molar-refractivity contribution in [3.8, 4) is 5.75 Å². The lowest BCUT2D eigenvalue weighted by atomic mass is 10.2. The molecule has 0 heterocycles. The van der Waals surface area contributed by atoms with Crippen molar-refractivity contribution in [2.45, 2.75) is 13.2 Å². The highest BCUT2D eigenvalue weighted by atomic mass is 35.5. The summed E-state index contributed by atoms with van der Waals surface area (Å²) in [6.45, 7) is 0.542. The first-order chi connectivity index (χ1) is 12.5. The first-order valence-electron chi connectivity index (χ1n) is 7.87. The Bertz CT molecular complexity index is 894. The van der Waals surface area contributed by atoms with Crippen LogP contribution in [0.5, 0.6) is 5.75 Å². The van der Waals surface area contributed by atoms with Gasteiger partial charge in [0.2, 0.25) is 0 Å². The normalized spacial score (nSPS) is 10.6. The number of hydrogen-bond donors (Lipinski definition) is 1. The maximum absolute atomic E-state index is 13.7. The summed E-state index contributed by atoms with van der Waals surface area (Å²) in [5, 5.41) is 4.59. The predicted octanol–water partition coefficient (Wildman–Crippen LogP) is 6.98. The molecule has 0 aromatic heterocycles. The van der Waals surface area contributed by atoms with E-state index in [1.54, 1.807) is 30.3 Å². The number of halogens is 4. The van der Waals surface area contributed by atoms with E-state index in [0.717, 1.165) is 11.3 Å². The van der Waals surface area contributed by atoms with Crippen LogP contribution >= 0.6 is 34.8 Å². The topological polar surface area (TPSA) is 21.3 Å². The van der Waals surface area contributed by atoms with Gasteiger partial charge in [-0.1, -0.05) is 65.1 Å². The van der Waals surface area contributed by atoms with Crippen molar-refractivity contribution in [2.24, 2.45) is 0 Å². The number of ether oxygens (including phenoxy) is 1. The van der Waals surface area contributed by atoms with Crippen molar-refractivity contribution in [3.05, 3.63) is 92.7 Å². The second-order valence-electron chi connectivity index (χ2n) is 5.60. The monoisotopic (exact) mass is 409 g/mol. The van der Waals surface area contributed by atoms with Gasteiger partial charge in [0.25, 0.3) is 0 Å². The SMILES string of the molecule is Fc1ccccc1COc1c(Cl)cc(CNc2ccccc2Cl)cc1Cl. The molecule has 0 bridgehead atoms. The van der Waals surface area contributed by atoms with Crippen LogP contribution in [0, 0.1) is 5.82 Å². The van der Waals surface area contributed by atoms with E-state index in [-0.39, 0.29) is 12.4 Å². The summed E-state index contributed by atoms with van der Waals surface area (Å²) in [5.41, 5.74) is 2.13. The lowest BCUT2D eigenvalue weighted by Gasteiger charge is -2.13. The number of rotatable bonds is 6. The Morgan fingerprint density at radius 1 is 0.846 bits per heavy atom. The minimum Gasteiger partial charge on any atom is -0.486 e.